The Balaban J connectivity index is 1.60. The number of hydrogen-bond donors (Lipinski definition) is 0. The van der Waals surface area contributed by atoms with Gasteiger partial charge in [-0.3, -0.25) is 4.90 Å². The summed E-state index contributed by atoms with van der Waals surface area (Å²) in [5.41, 5.74) is 2.98. The molecule has 0 saturated carbocycles. The number of alkyl halides is 1. The molecule has 0 aromatic heterocycles. The average Bonchev–Trinajstić information content (AvgIpc) is 3.35. The normalized spacial score (nSPS) is 31.8. The summed E-state index contributed by atoms with van der Waals surface area (Å²) >= 11 is 4.19. The van der Waals surface area contributed by atoms with Gasteiger partial charge in [0.25, 0.3) is 0 Å². The van der Waals surface area contributed by atoms with Crippen LogP contribution in [0.5, 0.6) is 0 Å². The van der Waals surface area contributed by atoms with E-state index in [4.69, 9.17) is 4.74 Å². The highest BCUT2D eigenvalue weighted by Gasteiger charge is 2.70. The van der Waals surface area contributed by atoms with Crippen LogP contribution in [0.2, 0.25) is 0 Å². The predicted molar refractivity (Wildman–Crippen MR) is 128 cm³/mol. The molecule has 3 aromatic rings. The van der Waals surface area contributed by atoms with Crippen molar-refractivity contribution in [2.75, 3.05) is 13.1 Å². The summed E-state index contributed by atoms with van der Waals surface area (Å²) in [6, 6.07) is 32.8. The molecule has 3 aromatic carbocycles. The van der Waals surface area contributed by atoms with Gasteiger partial charge >= 0.3 is 0 Å². The van der Waals surface area contributed by atoms with Crippen molar-refractivity contribution in [3.63, 3.8) is 0 Å². The molecule has 3 heterocycles. The molecule has 3 atom stereocenters. The minimum atomic E-state index is -0.403. The van der Waals surface area contributed by atoms with Crippen LogP contribution in [0.25, 0.3) is 0 Å². The predicted octanol–water partition coefficient (Wildman–Crippen LogP) is 5.92. The number of fused-ring (bicyclic) bond motifs is 1. The molecule has 0 N–H and O–H groups in total. The molecule has 2 nitrogen and oxygen atoms in total. The van der Waals surface area contributed by atoms with Gasteiger partial charge in [-0.25, -0.2) is 0 Å². The van der Waals surface area contributed by atoms with Crippen LogP contribution in [0.3, 0.4) is 0 Å². The first kappa shape index (κ1) is 19.5. The summed E-state index contributed by atoms with van der Waals surface area (Å²) in [5.74, 6) is 0. The zero-order valence-corrected chi connectivity index (χ0v) is 19.3. The standard InChI is InChI=1S/C28H26BrNO/c1-25-17-18-27(31-25)21-30(20-26(27,29)19-25)28(22-11-5-2-6-12-22,23-13-7-3-8-14-23)24-15-9-4-10-16-24/h2-18H,19-21H2,1H3/t25-,26-,27-/m1/s1. The molecule has 0 unspecified atom stereocenters. The van der Waals surface area contributed by atoms with Crippen molar-refractivity contribution in [2.45, 2.75) is 34.4 Å². The number of likely N-dealkylation sites (tertiary alicyclic amines) is 1. The lowest BCUT2D eigenvalue weighted by atomic mass is 9.75. The Morgan fingerprint density at radius 3 is 1.65 bits per heavy atom. The molecule has 0 aliphatic carbocycles. The first-order chi connectivity index (χ1) is 15.0. The van der Waals surface area contributed by atoms with E-state index in [1.54, 1.807) is 0 Å². The van der Waals surface area contributed by atoms with E-state index in [1.807, 2.05) is 0 Å². The fraction of sp³-hybridized carbons (Fsp3) is 0.286. The van der Waals surface area contributed by atoms with Crippen LogP contribution >= 0.6 is 15.9 Å². The second-order valence-electron chi connectivity index (χ2n) is 9.44. The van der Waals surface area contributed by atoms with Gasteiger partial charge in [-0.1, -0.05) is 119 Å². The highest BCUT2D eigenvalue weighted by molar-refractivity contribution is 9.10. The third-order valence-electron chi connectivity index (χ3n) is 7.43. The van der Waals surface area contributed by atoms with Gasteiger partial charge in [0.05, 0.1) is 15.5 Å². The lowest BCUT2D eigenvalue weighted by Gasteiger charge is -2.44. The van der Waals surface area contributed by atoms with Crippen LogP contribution < -0.4 is 0 Å². The summed E-state index contributed by atoms with van der Waals surface area (Å²) in [6.45, 7) is 3.96. The first-order valence-corrected chi connectivity index (χ1v) is 11.8. The van der Waals surface area contributed by atoms with Crippen molar-refractivity contribution in [2.24, 2.45) is 0 Å². The molecule has 3 aliphatic heterocycles. The van der Waals surface area contributed by atoms with Crippen LogP contribution in [0.4, 0.5) is 0 Å². The molecule has 6 rings (SSSR count). The van der Waals surface area contributed by atoms with Crippen molar-refractivity contribution in [1.29, 1.82) is 0 Å². The van der Waals surface area contributed by atoms with E-state index >= 15 is 0 Å². The lowest BCUT2D eigenvalue weighted by Crippen LogP contribution is -2.49. The van der Waals surface area contributed by atoms with Gasteiger partial charge in [-0.2, -0.15) is 0 Å². The van der Waals surface area contributed by atoms with Gasteiger partial charge in [0, 0.05) is 13.1 Å². The summed E-state index contributed by atoms with van der Waals surface area (Å²) < 4.78 is 6.62. The van der Waals surface area contributed by atoms with E-state index in [1.165, 1.54) is 16.7 Å². The Bertz CT molecular complexity index is 1030. The Morgan fingerprint density at radius 2 is 1.23 bits per heavy atom. The molecule has 1 spiro atoms. The van der Waals surface area contributed by atoms with Crippen LogP contribution in [-0.4, -0.2) is 33.5 Å². The van der Waals surface area contributed by atoms with Gasteiger partial charge in [0.15, 0.2) is 0 Å². The smallest absolute Gasteiger partial charge is 0.117 e. The molecular weight excluding hydrogens is 446 g/mol. The Hall–Kier alpha value is -2.20. The third-order valence-corrected chi connectivity index (χ3v) is 8.63. The molecule has 3 heteroatoms. The van der Waals surface area contributed by atoms with E-state index in [-0.39, 0.29) is 15.5 Å². The number of nitrogens with zero attached hydrogens (tertiary/aromatic N) is 1. The maximum absolute atomic E-state index is 6.71. The van der Waals surface area contributed by atoms with E-state index in [0.29, 0.717) is 0 Å². The fourth-order valence-corrected chi connectivity index (χ4v) is 7.42. The van der Waals surface area contributed by atoms with E-state index < -0.39 is 5.54 Å². The minimum Gasteiger partial charge on any atom is -0.358 e. The maximum Gasteiger partial charge on any atom is 0.117 e. The number of benzene rings is 3. The third kappa shape index (κ3) is 2.64. The highest BCUT2D eigenvalue weighted by Crippen LogP contribution is 2.62. The van der Waals surface area contributed by atoms with Gasteiger partial charge in [0.1, 0.15) is 5.60 Å². The van der Waals surface area contributed by atoms with Crippen molar-refractivity contribution in [1.82, 2.24) is 4.90 Å². The first-order valence-electron chi connectivity index (χ1n) is 11.0. The average molecular weight is 472 g/mol. The molecule has 2 fully saturated rings. The number of hydrogen-bond acceptors (Lipinski definition) is 2. The van der Waals surface area contributed by atoms with Crippen LogP contribution in [-0.2, 0) is 10.3 Å². The van der Waals surface area contributed by atoms with Crippen molar-refractivity contribution in [3.8, 4) is 0 Å². The van der Waals surface area contributed by atoms with E-state index in [0.717, 1.165) is 19.5 Å². The lowest BCUT2D eigenvalue weighted by molar-refractivity contribution is -0.0297. The topological polar surface area (TPSA) is 12.5 Å². The van der Waals surface area contributed by atoms with Gasteiger partial charge in [0.2, 0.25) is 0 Å². The van der Waals surface area contributed by atoms with Crippen molar-refractivity contribution < 1.29 is 4.74 Å². The molecular formula is C28H26BrNO. The number of rotatable bonds is 4. The summed E-state index contributed by atoms with van der Waals surface area (Å²) in [6.07, 6.45) is 5.57. The number of ether oxygens (including phenoxy) is 1. The summed E-state index contributed by atoms with van der Waals surface area (Å²) in [7, 11) is 0. The summed E-state index contributed by atoms with van der Waals surface area (Å²) in [4.78, 5) is 2.64. The monoisotopic (exact) mass is 471 g/mol. The van der Waals surface area contributed by atoms with Crippen LogP contribution in [0.1, 0.15) is 30.0 Å². The largest absolute Gasteiger partial charge is 0.358 e. The molecule has 3 aliphatic rings. The molecule has 2 bridgehead atoms. The van der Waals surface area contributed by atoms with Gasteiger partial charge in [-0.05, 0) is 30.0 Å². The minimum absolute atomic E-state index is 0.0902. The Kier molecular flexibility index (Phi) is 4.18. The highest BCUT2D eigenvalue weighted by atomic mass is 79.9. The molecule has 0 amide bonds. The van der Waals surface area contributed by atoms with Crippen LogP contribution in [0.15, 0.2) is 103 Å². The maximum atomic E-state index is 6.71. The van der Waals surface area contributed by atoms with Crippen LogP contribution in [0, 0.1) is 0 Å². The number of halogens is 1. The van der Waals surface area contributed by atoms with E-state index in [9.17, 15) is 0 Å². The quantitative estimate of drug-likeness (QED) is 0.266. The molecule has 31 heavy (non-hydrogen) atoms. The SMILES string of the molecule is C[C@@]12C=C[C@]3(CN(C(c4ccccc4)(c4ccccc4)c4ccccc4)C[C@]3(Br)C1)O2. The second kappa shape index (κ2) is 6.65. The van der Waals surface area contributed by atoms with Gasteiger partial charge < -0.3 is 4.74 Å². The fourth-order valence-electron chi connectivity index (χ4n) is 6.22. The Labute approximate surface area is 192 Å². The molecule has 2 saturated heterocycles. The van der Waals surface area contributed by atoms with Crippen molar-refractivity contribution in [3.05, 3.63) is 120 Å². The van der Waals surface area contributed by atoms with Gasteiger partial charge in [-0.15, -0.1) is 0 Å². The zero-order valence-electron chi connectivity index (χ0n) is 17.7. The molecule has 156 valence electrons. The van der Waals surface area contributed by atoms with E-state index in [2.05, 4.69) is 131 Å². The molecule has 0 radical (unpaired) electrons. The second-order valence-corrected chi connectivity index (χ2v) is 11.0. The summed E-state index contributed by atoms with van der Waals surface area (Å²) in [5, 5.41) is 0. The Morgan fingerprint density at radius 1 is 0.742 bits per heavy atom. The zero-order chi connectivity index (χ0) is 21.2. The van der Waals surface area contributed by atoms with Crippen molar-refractivity contribution >= 4 is 15.9 Å².